The number of nitrogens with zero attached hydrogens (tertiary/aromatic N) is 3. The maximum absolute atomic E-state index is 13.0. The number of pyridine rings is 1. The Hall–Kier alpha value is -3.09. The molecule has 2 N–H and O–H groups in total. The molecule has 1 aliphatic rings. The van der Waals surface area contributed by atoms with Crippen molar-refractivity contribution in [2.75, 3.05) is 19.0 Å². The van der Waals surface area contributed by atoms with Crippen molar-refractivity contribution < 1.29 is 27.9 Å². The zero-order chi connectivity index (χ0) is 23.6. The highest BCUT2D eigenvalue weighted by Gasteiger charge is 2.36. The van der Waals surface area contributed by atoms with Gasteiger partial charge in [0.15, 0.2) is 20.7 Å². The van der Waals surface area contributed by atoms with Gasteiger partial charge in [0.2, 0.25) is 5.88 Å². The molecule has 1 aromatic carbocycles. The largest absolute Gasteiger partial charge is 0.481 e. The fraction of sp³-hybridized carbons (Fsp3) is 0.333. The summed E-state index contributed by atoms with van der Waals surface area (Å²) in [6, 6.07) is 9.32. The lowest BCUT2D eigenvalue weighted by molar-refractivity contribution is -0.110. The number of aromatic nitrogens is 2. The summed E-state index contributed by atoms with van der Waals surface area (Å²) in [6.45, 7) is 1.30. The Morgan fingerprint density at radius 2 is 1.97 bits per heavy atom. The van der Waals surface area contributed by atoms with Crippen LogP contribution in [0.15, 0.2) is 46.4 Å². The molecule has 0 spiro atoms. The van der Waals surface area contributed by atoms with Gasteiger partial charge in [0.25, 0.3) is 5.91 Å². The van der Waals surface area contributed by atoms with Crippen LogP contribution in [0.2, 0.25) is 0 Å². The van der Waals surface area contributed by atoms with Gasteiger partial charge in [0.05, 0.1) is 23.9 Å². The molecule has 2 heterocycles. The number of rotatable bonds is 9. The maximum Gasteiger partial charge on any atom is 0.280 e. The Bertz CT molecular complexity index is 1300. The van der Waals surface area contributed by atoms with Gasteiger partial charge in [-0.15, -0.1) is 0 Å². The van der Waals surface area contributed by atoms with E-state index in [-0.39, 0.29) is 22.5 Å². The summed E-state index contributed by atoms with van der Waals surface area (Å²) in [4.78, 5) is 27.7. The number of hydrogen-bond acceptors (Lipinski definition) is 10. The van der Waals surface area contributed by atoms with Crippen LogP contribution in [0.25, 0.3) is 10.3 Å². The topological polar surface area (TPSA) is 140 Å². The third kappa shape index (κ3) is 5.13. The number of thiazole rings is 1. The second-order valence-electron chi connectivity index (χ2n) is 7.46. The highest BCUT2D eigenvalue weighted by molar-refractivity contribution is 7.92. The third-order valence-electron chi connectivity index (χ3n) is 4.88. The molecule has 4 rings (SSSR count). The van der Waals surface area contributed by atoms with Crippen molar-refractivity contribution in [1.82, 2.24) is 9.97 Å². The van der Waals surface area contributed by atoms with Crippen molar-refractivity contribution in [2.45, 2.75) is 36.0 Å². The van der Waals surface area contributed by atoms with Gasteiger partial charge in [0.1, 0.15) is 16.5 Å². The monoisotopic (exact) mass is 490 g/mol. The number of aliphatic hydroxyl groups excluding tert-OH is 1. The van der Waals surface area contributed by atoms with Crippen molar-refractivity contribution in [1.29, 1.82) is 0 Å². The molecular weight excluding hydrogens is 468 g/mol. The van der Waals surface area contributed by atoms with Crippen LogP contribution in [-0.4, -0.2) is 60.2 Å². The molecule has 1 aliphatic carbocycles. The molecule has 3 aromatic rings. The zero-order valence-electron chi connectivity index (χ0n) is 17.9. The third-order valence-corrected chi connectivity index (χ3v) is 8.03. The van der Waals surface area contributed by atoms with Crippen LogP contribution in [0.5, 0.6) is 5.88 Å². The minimum Gasteiger partial charge on any atom is -0.481 e. The van der Waals surface area contributed by atoms with E-state index < -0.39 is 21.8 Å². The molecule has 1 amide bonds. The first-order valence-corrected chi connectivity index (χ1v) is 12.5. The molecule has 174 valence electrons. The van der Waals surface area contributed by atoms with Crippen LogP contribution in [0.4, 0.5) is 5.13 Å². The summed E-state index contributed by atoms with van der Waals surface area (Å²) in [5, 5.41) is 15.8. The summed E-state index contributed by atoms with van der Waals surface area (Å²) >= 11 is 1.16. The fourth-order valence-corrected chi connectivity index (χ4v) is 5.38. The normalized spacial score (nSPS) is 15.3. The first-order chi connectivity index (χ1) is 15.8. The van der Waals surface area contributed by atoms with E-state index in [1.54, 1.807) is 19.1 Å². The predicted molar refractivity (Wildman–Crippen MR) is 123 cm³/mol. The minimum absolute atomic E-state index is 0.0875. The quantitative estimate of drug-likeness (QED) is 0.344. The lowest BCUT2D eigenvalue weighted by Crippen LogP contribution is -2.25. The van der Waals surface area contributed by atoms with Crippen LogP contribution < -0.4 is 10.1 Å². The summed E-state index contributed by atoms with van der Waals surface area (Å²) in [5.74, 6) is -0.178. The number of fused-ring (bicyclic) bond motifs is 1. The summed E-state index contributed by atoms with van der Waals surface area (Å²) < 4.78 is 30.0. The Kier molecular flexibility index (Phi) is 6.58. The number of benzene rings is 1. The Morgan fingerprint density at radius 3 is 2.61 bits per heavy atom. The number of aliphatic hydroxyl groups is 1. The lowest BCUT2D eigenvalue weighted by Gasteiger charge is -2.10. The predicted octanol–water partition coefficient (Wildman–Crippen LogP) is 2.38. The van der Waals surface area contributed by atoms with E-state index in [4.69, 9.17) is 9.57 Å². The van der Waals surface area contributed by atoms with Gasteiger partial charge in [-0.25, -0.2) is 18.4 Å². The fourth-order valence-electron chi connectivity index (χ4n) is 2.90. The van der Waals surface area contributed by atoms with Crippen molar-refractivity contribution in [3.8, 4) is 5.88 Å². The molecule has 33 heavy (non-hydrogen) atoms. The van der Waals surface area contributed by atoms with Crippen molar-refractivity contribution in [3.63, 3.8) is 0 Å². The lowest BCUT2D eigenvalue weighted by atomic mass is 10.1. The SMILES string of the molecule is COc1ccc2nc(NC(=O)/C(=N/O[C@@H](C)CO)c3ccc(S(=O)(=O)C4CC4)cc3)sc2n1. The second kappa shape index (κ2) is 9.41. The van der Waals surface area contributed by atoms with Crippen LogP contribution in [0, 0.1) is 0 Å². The van der Waals surface area contributed by atoms with Gasteiger partial charge >= 0.3 is 0 Å². The van der Waals surface area contributed by atoms with E-state index in [0.717, 1.165) is 11.3 Å². The zero-order valence-corrected chi connectivity index (χ0v) is 19.5. The first-order valence-electron chi connectivity index (χ1n) is 10.1. The summed E-state index contributed by atoms with van der Waals surface area (Å²) in [6.07, 6.45) is 0.686. The number of anilines is 1. The van der Waals surface area contributed by atoms with E-state index in [1.165, 1.54) is 31.4 Å². The number of sulfone groups is 1. The van der Waals surface area contributed by atoms with E-state index in [1.807, 2.05) is 0 Å². The number of nitrogens with one attached hydrogen (secondary N) is 1. The van der Waals surface area contributed by atoms with Crippen LogP contribution in [-0.2, 0) is 19.5 Å². The molecule has 0 bridgehead atoms. The molecular formula is C21H22N4O6S2. The minimum atomic E-state index is -3.36. The Balaban J connectivity index is 1.60. The van der Waals surface area contributed by atoms with Crippen molar-refractivity contribution in [2.24, 2.45) is 5.16 Å². The van der Waals surface area contributed by atoms with Gasteiger partial charge in [-0.2, -0.15) is 0 Å². The molecule has 0 aliphatic heterocycles. The van der Waals surface area contributed by atoms with Gasteiger partial charge in [0, 0.05) is 11.6 Å². The summed E-state index contributed by atoms with van der Waals surface area (Å²) in [7, 11) is -1.85. The molecule has 2 aromatic heterocycles. The van der Waals surface area contributed by atoms with Crippen LogP contribution in [0.1, 0.15) is 25.3 Å². The number of carbonyl (C=O) groups is 1. The van der Waals surface area contributed by atoms with Crippen molar-refractivity contribution in [3.05, 3.63) is 42.0 Å². The van der Waals surface area contributed by atoms with Crippen LogP contribution >= 0.6 is 11.3 Å². The first kappa shape index (κ1) is 23.1. The van der Waals surface area contributed by atoms with Gasteiger partial charge in [-0.3, -0.25) is 10.1 Å². The Morgan fingerprint density at radius 1 is 1.24 bits per heavy atom. The van der Waals surface area contributed by atoms with Crippen molar-refractivity contribution >= 4 is 48.3 Å². The molecule has 10 nitrogen and oxygen atoms in total. The summed E-state index contributed by atoms with van der Waals surface area (Å²) in [5.41, 5.74) is 0.859. The smallest absolute Gasteiger partial charge is 0.280 e. The van der Waals surface area contributed by atoms with Gasteiger partial charge in [-0.05, 0) is 38.0 Å². The maximum atomic E-state index is 13.0. The van der Waals surface area contributed by atoms with Gasteiger partial charge < -0.3 is 14.7 Å². The molecule has 0 unspecified atom stereocenters. The van der Waals surface area contributed by atoms with E-state index >= 15 is 0 Å². The van der Waals surface area contributed by atoms with Crippen LogP contribution in [0.3, 0.4) is 0 Å². The van der Waals surface area contributed by atoms with E-state index in [2.05, 4.69) is 20.4 Å². The Labute approximate surface area is 194 Å². The average molecular weight is 491 g/mol. The van der Waals surface area contributed by atoms with Gasteiger partial charge in [-0.1, -0.05) is 28.6 Å². The van der Waals surface area contributed by atoms with E-state index in [9.17, 15) is 18.3 Å². The molecule has 1 atom stereocenters. The second-order valence-corrected chi connectivity index (χ2v) is 10.7. The number of amides is 1. The number of hydrogen-bond donors (Lipinski definition) is 2. The molecule has 1 saturated carbocycles. The average Bonchev–Trinajstić information content (AvgIpc) is 3.60. The standard InChI is InChI=1S/C21H22N4O6S2/c1-12(11-26)31-25-18(13-3-5-14(6-4-13)33(28,29)15-7-8-15)19(27)24-21-22-16-9-10-17(30-2)23-20(16)32-21/h3-6,9-10,12,15,26H,7-8,11H2,1-2H3,(H,22,24,27)/b25-18+/t12-/m0/s1. The molecule has 0 radical (unpaired) electrons. The molecule has 1 fully saturated rings. The number of carbonyl (C=O) groups excluding carboxylic acids is 1. The highest BCUT2D eigenvalue weighted by atomic mass is 32.2. The molecule has 12 heteroatoms. The number of oxime groups is 1. The number of methoxy groups -OCH3 is 1. The number of ether oxygens (including phenoxy) is 1. The highest BCUT2D eigenvalue weighted by Crippen LogP contribution is 2.33. The van der Waals surface area contributed by atoms with E-state index in [0.29, 0.717) is 39.8 Å². The molecule has 0 saturated heterocycles.